The van der Waals surface area contributed by atoms with Crippen LogP contribution in [0.1, 0.15) is 18.5 Å². The summed E-state index contributed by atoms with van der Waals surface area (Å²) in [6.07, 6.45) is 0. The maximum atomic E-state index is 13.4. The molecule has 0 aliphatic carbocycles. The van der Waals surface area contributed by atoms with Crippen LogP contribution >= 0.6 is 23.4 Å². The summed E-state index contributed by atoms with van der Waals surface area (Å²) < 4.78 is 14.8. The molecule has 1 atom stereocenters. The fourth-order valence-electron chi connectivity index (χ4n) is 3.28. The first-order valence-corrected chi connectivity index (χ1v) is 11.2. The van der Waals surface area contributed by atoms with E-state index in [1.54, 1.807) is 36.4 Å². The molecule has 1 aromatic heterocycles. The molecular weight excluding hydrogens is 449 g/mol. The lowest BCUT2D eigenvalue weighted by molar-refractivity contribution is -0.119. The second kappa shape index (κ2) is 9.54. The van der Waals surface area contributed by atoms with Crippen molar-refractivity contribution in [1.82, 2.24) is 14.9 Å². The molecule has 1 heterocycles. The molecule has 0 saturated heterocycles. The molecule has 32 heavy (non-hydrogen) atoms. The third kappa shape index (κ3) is 4.84. The van der Waals surface area contributed by atoms with Crippen LogP contribution in [0.2, 0.25) is 5.02 Å². The Labute approximate surface area is 193 Å². The predicted molar refractivity (Wildman–Crippen MR) is 126 cm³/mol. The van der Waals surface area contributed by atoms with E-state index in [2.05, 4.69) is 10.3 Å². The monoisotopic (exact) mass is 467 g/mol. The van der Waals surface area contributed by atoms with Crippen molar-refractivity contribution in [1.29, 1.82) is 0 Å². The van der Waals surface area contributed by atoms with Gasteiger partial charge in [0.05, 0.1) is 28.4 Å². The second-order valence-electron chi connectivity index (χ2n) is 7.16. The topological polar surface area (TPSA) is 64.0 Å². The Morgan fingerprint density at radius 2 is 1.78 bits per heavy atom. The zero-order valence-electron chi connectivity index (χ0n) is 17.1. The first kappa shape index (κ1) is 22.0. The average molecular weight is 468 g/mol. The van der Waals surface area contributed by atoms with Gasteiger partial charge in [-0.2, -0.15) is 0 Å². The normalized spacial score (nSPS) is 12.0. The number of benzene rings is 3. The molecule has 3 aromatic carbocycles. The Morgan fingerprint density at radius 1 is 1.09 bits per heavy atom. The number of carbonyl (C=O) groups is 1. The summed E-state index contributed by atoms with van der Waals surface area (Å²) >= 11 is 7.07. The van der Waals surface area contributed by atoms with Crippen molar-refractivity contribution in [2.24, 2.45) is 0 Å². The van der Waals surface area contributed by atoms with Gasteiger partial charge < -0.3 is 5.32 Å². The largest absolute Gasteiger partial charge is 0.349 e. The maximum absolute atomic E-state index is 13.4. The Morgan fingerprint density at radius 3 is 2.50 bits per heavy atom. The van der Waals surface area contributed by atoms with E-state index in [9.17, 15) is 14.0 Å². The maximum Gasteiger partial charge on any atom is 0.266 e. The number of fused-ring (bicyclic) bond motifs is 1. The minimum Gasteiger partial charge on any atom is -0.349 e. The minimum atomic E-state index is -0.402. The van der Waals surface area contributed by atoms with Crippen LogP contribution in [-0.2, 0) is 4.79 Å². The molecule has 4 rings (SSSR count). The van der Waals surface area contributed by atoms with Gasteiger partial charge in [-0.1, -0.05) is 47.6 Å². The summed E-state index contributed by atoms with van der Waals surface area (Å²) in [5, 5.41) is 4.37. The van der Waals surface area contributed by atoms with Gasteiger partial charge >= 0.3 is 0 Å². The Hall–Kier alpha value is -3.16. The van der Waals surface area contributed by atoms with Crippen molar-refractivity contribution in [3.63, 3.8) is 0 Å². The van der Waals surface area contributed by atoms with Gasteiger partial charge in [-0.3, -0.25) is 14.2 Å². The summed E-state index contributed by atoms with van der Waals surface area (Å²) in [6, 6.07) is 19.7. The lowest BCUT2D eigenvalue weighted by Crippen LogP contribution is -2.29. The fraction of sp³-hybridized carbons (Fsp3) is 0.125. The Bertz CT molecular complexity index is 1320. The van der Waals surface area contributed by atoms with Gasteiger partial charge in [-0.05, 0) is 61.0 Å². The highest BCUT2D eigenvalue weighted by atomic mass is 35.5. The van der Waals surface area contributed by atoms with Gasteiger partial charge in [-0.25, -0.2) is 9.37 Å². The molecule has 5 nitrogen and oxygen atoms in total. The molecule has 0 bridgehead atoms. The van der Waals surface area contributed by atoms with Crippen LogP contribution in [0, 0.1) is 5.82 Å². The number of nitrogens with zero attached hydrogens (tertiary/aromatic N) is 2. The zero-order chi connectivity index (χ0) is 22.7. The fourth-order valence-corrected chi connectivity index (χ4v) is 4.22. The molecule has 4 aromatic rings. The number of halogens is 2. The standard InChI is InChI=1S/C24H19ClFN3O2S/c1-15(16-6-8-17(25)9-7-16)27-22(30)14-32-24-28-21-5-3-2-4-20(21)23(31)29(24)19-12-10-18(26)11-13-19/h2-13,15H,14H2,1H3,(H,27,30). The summed E-state index contributed by atoms with van der Waals surface area (Å²) in [4.78, 5) is 30.4. The van der Waals surface area contributed by atoms with Crippen LogP contribution in [-0.4, -0.2) is 21.2 Å². The molecule has 0 radical (unpaired) electrons. The average Bonchev–Trinajstić information content (AvgIpc) is 2.79. The van der Waals surface area contributed by atoms with Gasteiger partial charge in [0.15, 0.2) is 5.16 Å². The van der Waals surface area contributed by atoms with Crippen molar-refractivity contribution in [2.75, 3.05) is 5.75 Å². The molecule has 1 amide bonds. The van der Waals surface area contributed by atoms with Crippen LogP contribution in [0.15, 0.2) is 82.7 Å². The molecule has 0 aliphatic rings. The molecule has 162 valence electrons. The van der Waals surface area contributed by atoms with E-state index in [1.807, 2.05) is 19.1 Å². The number of amides is 1. The van der Waals surface area contributed by atoms with E-state index in [0.29, 0.717) is 26.8 Å². The molecule has 0 aliphatic heterocycles. The Balaban J connectivity index is 1.59. The van der Waals surface area contributed by atoms with Gasteiger partial charge in [0.1, 0.15) is 5.82 Å². The van der Waals surface area contributed by atoms with E-state index in [0.717, 1.165) is 17.3 Å². The number of carbonyl (C=O) groups excluding carboxylic acids is 1. The van der Waals surface area contributed by atoms with Crippen molar-refractivity contribution in [3.8, 4) is 5.69 Å². The molecule has 1 N–H and O–H groups in total. The van der Waals surface area contributed by atoms with Crippen LogP contribution in [0.5, 0.6) is 0 Å². The van der Waals surface area contributed by atoms with Crippen LogP contribution in [0.4, 0.5) is 4.39 Å². The summed E-state index contributed by atoms with van der Waals surface area (Å²) in [7, 11) is 0. The van der Waals surface area contributed by atoms with E-state index >= 15 is 0 Å². The third-order valence-electron chi connectivity index (χ3n) is 4.91. The van der Waals surface area contributed by atoms with Gasteiger partial charge in [0.25, 0.3) is 5.56 Å². The first-order valence-electron chi connectivity index (χ1n) is 9.88. The zero-order valence-corrected chi connectivity index (χ0v) is 18.7. The highest BCUT2D eigenvalue weighted by Crippen LogP contribution is 2.22. The molecule has 0 saturated carbocycles. The van der Waals surface area contributed by atoms with E-state index < -0.39 is 5.82 Å². The highest BCUT2D eigenvalue weighted by molar-refractivity contribution is 7.99. The Kier molecular flexibility index (Phi) is 6.58. The van der Waals surface area contributed by atoms with Crippen LogP contribution < -0.4 is 10.9 Å². The highest BCUT2D eigenvalue weighted by Gasteiger charge is 2.16. The molecule has 8 heteroatoms. The molecule has 0 fully saturated rings. The van der Waals surface area contributed by atoms with Crippen LogP contribution in [0.25, 0.3) is 16.6 Å². The minimum absolute atomic E-state index is 0.0594. The number of hydrogen-bond donors (Lipinski definition) is 1. The van der Waals surface area contributed by atoms with E-state index in [4.69, 9.17) is 11.6 Å². The number of aromatic nitrogens is 2. The van der Waals surface area contributed by atoms with Gasteiger partial charge in [0, 0.05) is 5.02 Å². The number of para-hydroxylation sites is 1. The number of rotatable bonds is 6. The lowest BCUT2D eigenvalue weighted by Gasteiger charge is -2.16. The lowest BCUT2D eigenvalue weighted by atomic mass is 10.1. The smallest absolute Gasteiger partial charge is 0.266 e. The van der Waals surface area contributed by atoms with Crippen molar-refractivity contribution in [3.05, 3.63) is 99.6 Å². The number of nitrogens with one attached hydrogen (secondary N) is 1. The van der Waals surface area contributed by atoms with Crippen molar-refractivity contribution >= 4 is 40.2 Å². The van der Waals surface area contributed by atoms with E-state index in [1.165, 1.54) is 28.8 Å². The van der Waals surface area contributed by atoms with Crippen molar-refractivity contribution in [2.45, 2.75) is 18.1 Å². The molecule has 1 unspecified atom stereocenters. The summed E-state index contributed by atoms with van der Waals surface area (Å²) in [6.45, 7) is 1.88. The first-order chi connectivity index (χ1) is 15.4. The van der Waals surface area contributed by atoms with Gasteiger partial charge in [0.2, 0.25) is 5.91 Å². The number of hydrogen-bond acceptors (Lipinski definition) is 4. The quantitative estimate of drug-likeness (QED) is 0.315. The SMILES string of the molecule is CC(NC(=O)CSc1nc2ccccc2c(=O)n1-c1ccc(F)cc1)c1ccc(Cl)cc1. The second-order valence-corrected chi connectivity index (χ2v) is 8.54. The summed E-state index contributed by atoms with van der Waals surface area (Å²) in [5.41, 5.74) is 1.67. The van der Waals surface area contributed by atoms with Crippen LogP contribution in [0.3, 0.4) is 0 Å². The molecule has 0 spiro atoms. The number of thioether (sulfide) groups is 1. The third-order valence-corrected chi connectivity index (χ3v) is 6.10. The molecular formula is C24H19ClFN3O2S. The summed E-state index contributed by atoms with van der Waals surface area (Å²) in [5.74, 6) is -0.546. The van der Waals surface area contributed by atoms with Crippen molar-refractivity contribution < 1.29 is 9.18 Å². The predicted octanol–water partition coefficient (Wildman–Crippen LogP) is 5.15. The van der Waals surface area contributed by atoms with E-state index in [-0.39, 0.29) is 23.3 Å². The van der Waals surface area contributed by atoms with Gasteiger partial charge in [-0.15, -0.1) is 0 Å².